The van der Waals surface area contributed by atoms with Crippen molar-refractivity contribution in [1.82, 2.24) is 0 Å². The fourth-order valence-corrected chi connectivity index (χ4v) is 4.32. The van der Waals surface area contributed by atoms with Crippen molar-refractivity contribution in [2.75, 3.05) is 6.54 Å². The van der Waals surface area contributed by atoms with E-state index in [1.165, 1.54) is 20.9 Å². The highest BCUT2D eigenvalue weighted by molar-refractivity contribution is 7.11. The zero-order valence-corrected chi connectivity index (χ0v) is 12.3. The Morgan fingerprint density at radius 2 is 1.68 bits per heavy atom. The van der Waals surface area contributed by atoms with Gasteiger partial charge in [0, 0.05) is 9.75 Å². The standard InChI is InChI=1S/C17H21NS/c1-2-15-7-8-16(19-15)11-17(12-18)9-13-5-3-4-6-14(13)10-17/h3-8H,2,9-12,18H2,1H3. The first kappa shape index (κ1) is 12.9. The first-order valence-electron chi connectivity index (χ1n) is 7.09. The highest BCUT2D eigenvalue weighted by atomic mass is 32.1. The molecule has 0 atom stereocenters. The fraction of sp³-hybridized carbons (Fsp3) is 0.412. The first-order chi connectivity index (χ1) is 9.24. The topological polar surface area (TPSA) is 26.0 Å². The molecule has 0 bridgehead atoms. The summed E-state index contributed by atoms with van der Waals surface area (Å²) in [6.07, 6.45) is 4.54. The molecule has 1 aromatic heterocycles. The highest BCUT2D eigenvalue weighted by Crippen LogP contribution is 2.40. The Labute approximate surface area is 119 Å². The number of thiophene rings is 1. The predicted octanol–water partition coefficient (Wildman–Crippen LogP) is 3.60. The molecular formula is C17H21NS. The van der Waals surface area contributed by atoms with Crippen LogP contribution in [0.15, 0.2) is 36.4 Å². The van der Waals surface area contributed by atoms with Gasteiger partial charge in [-0.3, -0.25) is 0 Å². The molecule has 0 radical (unpaired) electrons. The number of hydrogen-bond donors (Lipinski definition) is 1. The van der Waals surface area contributed by atoms with Gasteiger partial charge < -0.3 is 5.73 Å². The summed E-state index contributed by atoms with van der Waals surface area (Å²) in [7, 11) is 0. The van der Waals surface area contributed by atoms with Gasteiger partial charge in [-0.2, -0.15) is 0 Å². The second kappa shape index (κ2) is 5.10. The lowest BCUT2D eigenvalue weighted by molar-refractivity contribution is 0.317. The van der Waals surface area contributed by atoms with Crippen LogP contribution in [0.3, 0.4) is 0 Å². The molecule has 0 spiro atoms. The van der Waals surface area contributed by atoms with Crippen LogP contribution in [0.5, 0.6) is 0 Å². The van der Waals surface area contributed by atoms with Gasteiger partial charge in [0.1, 0.15) is 0 Å². The van der Waals surface area contributed by atoms with Crippen LogP contribution in [0.1, 0.15) is 27.8 Å². The third-order valence-electron chi connectivity index (χ3n) is 4.30. The Bertz CT molecular complexity index is 545. The molecule has 2 heteroatoms. The molecule has 1 heterocycles. The number of fused-ring (bicyclic) bond motifs is 1. The van der Waals surface area contributed by atoms with Crippen molar-refractivity contribution in [2.24, 2.45) is 11.1 Å². The van der Waals surface area contributed by atoms with Gasteiger partial charge in [0.25, 0.3) is 0 Å². The van der Waals surface area contributed by atoms with Crippen molar-refractivity contribution >= 4 is 11.3 Å². The molecule has 2 N–H and O–H groups in total. The molecular weight excluding hydrogens is 250 g/mol. The minimum atomic E-state index is 0.250. The third kappa shape index (κ3) is 2.47. The van der Waals surface area contributed by atoms with Crippen LogP contribution in [0.4, 0.5) is 0 Å². The van der Waals surface area contributed by atoms with E-state index in [0.29, 0.717) is 0 Å². The van der Waals surface area contributed by atoms with E-state index in [1.807, 2.05) is 11.3 Å². The van der Waals surface area contributed by atoms with Gasteiger partial charge in [-0.15, -0.1) is 11.3 Å². The molecule has 0 fully saturated rings. The van der Waals surface area contributed by atoms with E-state index >= 15 is 0 Å². The van der Waals surface area contributed by atoms with Crippen molar-refractivity contribution in [3.8, 4) is 0 Å². The minimum Gasteiger partial charge on any atom is -0.330 e. The summed E-state index contributed by atoms with van der Waals surface area (Å²) >= 11 is 1.96. The molecule has 0 saturated carbocycles. The van der Waals surface area contributed by atoms with Gasteiger partial charge in [-0.1, -0.05) is 31.2 Å². The van der Waals surface area contributed by atoms with Crippen LogP contribution in [0.25, 0.3) is 0 Å². The molecule has 0 saturated heterocycles. The quantitative estimate of drug-likeness (QED) is 0.903. The molecule has 0 unspecified atom stereocenters. The van der Waals surface area contributed by atoms with E-state index in [1.54, 1.807) is 0 Å². The number of hydrogen-bond acceptors (Lipinski definition) is 2. The molecule has 1 nitrogen and oxygen atoms in total. The fourth-order valence-electron chi connectivity index (χ4n) is 3.19. The number of rotatable bonds is 4. The zero-order chi connectivity index (χ0) is 13.3. The lowest BCUT2D eigenvalue weighted by atomic mass is 9.81. The monoisotopic (exact) mass is 271 g/mol. The highest BCUT2D eigenvalue weighted by Gasteiger charge is 2.36. The van der Waals surface area contributed by atoms with E-state index in [0.717, 1.165) is 32.2 Å². The maximum atomic E-state index is 6.14. The van der Waals surface area contributed by atoms with E-state index in [2.05, 4.69) is 43.3 Å². The third-order valence-corrected chi connectivity index (χ3v) is 5.53. The minimum absolute atomic E-state index is 0.250. The van der Waals surface area contributed by atoms with E-state index in [9.17, 15) is 0 Å². The number of nitrogens with two attached hydrogens (primary N) is 1. The Morgan fingerprint density at radius 1 is 1.05 bits per heavy atom. The smallest absolute Gasteiger partial charge is 0.00544 e. The van der Waals surface area contributed by atoms with E-state index in [4.69, 9.17) is 5.73 Å². The average Bonchev–Trinajstić information content (AvgIpc) is 3.02. The summed E-state index contributed by atoms with van der Waals surface area (Å²) in [6, 6.07) is 13.4. The Kier molecular flexibility index (Phi) is 3.46. The molecule has 0 amide bonds. The molecule has 2 aromatic rings. The van der Waals surface area contributed by atoms with Crippen molar-refractivity contribution in [3.05, 3.63) is 57.3 Å². The average molecular weight is 271 g/mol. The molecule has 19 heavy (non-hydrogen) atoms. The Balaban J connectivity index is 1.82. The second-order valence-electron chi connectivity index (χ2n) is 5.72. The number of aryl methyl sites for hydroxylation is 1. The Hall–Kier alpha value is -1.12. The molecule has 100 valence electrons. The van der Waals surface area contributed by atoms with Crippen LogP contribution in [0.2, 0.25) is 0 Å². The summed E-state index contributed by atoms with van der Waals surface area (Å²) in [5.41, 5.74) is 9.39. The Morgan fingerprint density at radius 3 is 2.21 bits per heavy atom. The van der Waals surface area contributed by atoms with Crippen molar-refractivity contribution < 1.29 is 0 Å². The predicted molar refractivity (Wildman–Crippen MR) is 82.7 cm³/mol. The summed E-state index contributed by atoms with van der Waals surface area (Å²) in [5.74, 6) is 0. The van der Waals surface area contributed by atoms with Crippen molar-refractivity contribution in [1.29, 1.82) is 0 Å². The summed E-state index contributed by atoms with van der Waals surface area (Å²) in [4.78, 5) is 2.98. The van der Waals surface area contributed by atoms with E-state index < -0.39 is 0 Å². The van der Waals surface area contributed by atoms with Gasteiger partial charge in [-0.25, -0.2) is 0 Å². The van der Waals surface area contributed by atoms with Crippen LogP contribution >= 0.6 is 11.3 Å². The zero-order valence-electron chi connectivity index (χ0n) is 11.5. The SMILES string of the molecule is CCc1ccc(CC2(CN)Cc3ccccc3C2)s1. The molecule has 1 aliphatic rings. The molecule has 1 aromatic carbocycles. The summed E-state index contributed by atoms with van der Waals surface area (Å²) in [6.45, 7) is 3.00. The molecule has 1 aliphatic carbocycles. The van der Waals surface area contributed by atoms with Gasteiger partial charge in [-0.05, 0) is 60.9 Å². The van der Waals surface area contributed by atoms with Gasteiger partial charge >= 0.3 is 0 Å². The number of benzene rings is 1. The first-order valence-corrected chi connectivity index (χ1v) is 7.91. The normalized spacial score (nSPS) is 16.5. The molecule has 3 rings (SSSR count). The lowest BCUT2D eigenvalue weighted by Gasteiger charge is -2.26. The maximum Gasteiger partial charge on any atom is 0.00544 e. The van der Waals surface area contributed by atoms with Gasteiger partial charge in [0.05, 0.1) is 0 Å². The van der Waals surface area contributed by atoms with Crippen LogP contribution in [0, 0.1) is 5.41 Å². The lowest BCUT2D eigenvalue weighted by Crippen LogP contribution is -2.33. The largest absolute Gasteiger partial charge is 0.330 e. The summed E-state index contributed by atoms with van der Waals surface area (Å²) in [5, 5.41) is 0. The van der Waals surface area contributed by atoms with Gasteiger partial charge in [0.2, 0.25) is 0 Å². The van der Waals surface area contributed by atoms with E-state index in [-0.39, 0.29) is 5.41 Å². The van der Waals surface area contributed by atoms with Crippen LogP contribution in [-0.4, -0.2) is 6.54 Å². The molecule has 0 aliphatic heterocycles. The van der Waals surface area contributed by atoms with Crippen molar-refractivity contribution in [3.63, 3.8) is 0 Å². The maximum absolute atomic E-state index is 6.14. The van der Waals surface area contributed by atoms with Crippen molar-refractivity contribution in [2.45, 2.75) is 32.6 Å². The second-order valence-corrected chi connectivity index (χ2v) is 6.98. The van der Waals surface area contributed by atoms with Gasteiger partial charge in [0.15, 0.2) is 0 Å². The van der Waals surface area contributed by atoms with Crippen LogP contribution < -0.4 is 5.73 Å². The van der Waals surface area contributed by atoms with Crippen LogP contribution in [-0.2, 0) is 25.7 Å². The summed E-state index contributed by atoms with van der Waals surface area (Å²) < 4.78 is 0.